The third-order valence-electron chi connectivity index (χ3n) is 5.20. The third kappa shape index (κ3) is 4.55. The van der Waals surface area contributed by atoms with Gasteiger partial charge in [0, 0.05) is 0 Å². The highest BCUT2D eigenvalue weighted by Gasteiger charge is 2.12. The lowest BCUT2D eigenvalue weighted by molar-refractivity contribution is 1.25. The Hall–Kier alpha value is -3.38. The number of hydrogen-bond acceptors (Lipinski definition) is 0. The van der Waals surface area contributed by atoms with E-state index in [1.54, 1.807) is 6.08 Å². The van der Waals surface area contributed by atoms with Gasteiger partial charge in [-0.05, 0) is 57.9 Å². The minimum atomic E-state index is 0.943. The predicted molar refractivity (Wildman–Crippen MR) is 130 cm³/mol. The standard InChI is InChI=1S/C29H28/c1-5-8-13-23(7-3)24-18-20-25(21-19-24)27-15-10-12-17-29(27)28-16-11-9-14-26(28)22(4)6-2/h5,7-21H,1,4,6H2,2-3H3/b13-8-,23-7+. The molecule has 0 heteroatoms. The summed E-state index contributed by atoms with van der Waals surface area (Å²) in [5.74, 6) is 0. The van der Waals surface area contributed by atoms with Crippen LogP contribution < -0.4 is 0 Å². The van der Waals surface area contributed by atoms with Crippen LogP contribution in [0.2, 0.25) is 0 Å². The summed E-state index contributed by atoms with van der Waals surface area (Å²) in [4.78, 5) is 0. The van der Waals surface area contributed by atoms with Crippen molar-refractivity contribution in [3.05, 3.63) is 121 Å². The monoisotopic (exact) mass is 376 g/mol. The van der Waals surface area contributed by atoms with Gasteiger partial charge >= 0.3 is 0 Å². The second-order valence-corrected chi connectivity index (χ2v) is 6.96. The largest absolute Gasteiger partial charge is 0.0991 e. The third-order valence-corrected chi connectivity index (χ3v) is 5.20. The summed E-state index contributed by atoms with van der Waals surface area (Å²) in [7, 11) is 0. The summed E-state index contributed by atoms with van der Waals surface area (Å²) >= 11 is 0. The van der Waals surface area contributed by atoms with Crippen LogP contribution in [-0.4, -0.2) is 0 Å². The van der Waals surface area contributed by atoms with Gasteiger partial charge in [-0.25, -0.2) is 0 Å². The summed E-state index contributed by atoms with van der Waals surface area (Å²) in [6.45, 7) is 12.3. The molecule has 3 rings (SSSR count). The molecule has 3 aromatic rings. The lowest BCUT2D eigenvalue weighted by atomic mass is 9.89. The van der Waals surface area contributed by atoms with E-state index in [1.807, 2.05) is 6.08 Å². The van der Waals surface area contributed by atoms with Crippen molar-refractivity contribution >= 4 is 11.1 Å². The predicted octanol–water partition coefficient (Wildman–Crippen LogP) is 8.59. The molecule has 0 amide bonds. The summed E-state index contributed by atoms with van der Waals surface area (Å²) in [5, 5.41) is 0. The average molecular weight is 377 g/mol. The lowest BCUT2D eigenvalue weighted by Gasteiger charge is -2.15. The lowest BCUT2D eigenvalue weighted by Crippen LogP contribution is -1.91. The smallest absolute Gasteiger partial charge is 0.00993 e. The van der Waals surface area contributed by atoms with E-state index < -0.39 is 0 Å². The molecule has 0 bridgehead atoms. The van der Waals surface area contributed by atoms with Crippen molar-refractivity contribution in [3.63, 3.8) is 0 Å². The fourth-order valence-electron chi connectivity index (χ4n) is 3.56. The molecule has 0 aliphatic rings. The van der Waals surface area contributed by atoms with E-state index in [2.05, 4.69) is 112 Å². The average Bonchev–Trinajstić information content (AvgIpc) is 2.79. The van der Waals surface area contributed by atoms with Crippen LogP contribution in [0, 0.1) is 0 Å². The maximum Gasteiger partial charge on any atom is -0.00993 e. The minimum absolute atomic E-state index is 0.943. The van der Waals surface area contributed by atoms with E-state index in [4.69, 9.17) is 0 Å². The van der Waals surface area contributed by atoms with E-state index in [0.29, 0.717) is 0 Å². The Bertz CT molecular complexity index is 1060. The molecule has 0 unspecified atom stereocenters. The van der Waals surface area contributed by atoms with Crippen LogP contribution >= 0.6 is 0 Å². The first-order valence-corrected chi connectivity index (χ1v) is 10.1. The van der Waals surface area contributed by atoms with Crippen LogP contribution in [0.4, 0.5) is 0 Å². The number of allylic oxidation sites excluding steroid dienone is 6. The van der Waals surface area contributed by atoms with Crippen molar-refractivity contribution in [3.8, 4) is 22.3 Å². The van der Waals surface area contributed by atoms with Crippen molar-refractivity contribution in [2.24, 2.45) is 0 Å². The van der Waals surface area contributed by atoms with Crippen molar-refractivity contribution in [2.45, 2.75) is 20.3 Å². The molecule has 0 radical (unpaired) electrons. The zero-order valence-electron chi connectivity index (χ0n) is 17.4. The van der Waals surface area contributed by atoms with Gasteiger partial charge in [0.25, 0.3) is 0 Å². The van der Waals surface area contributed by atoms with Crippen LogP contribution in [-0.2, 0) is 0 Å². The van der Waals surface area contributed by atoms with Gasteiger partial charge in [0.1, 0.15) is 0 Å². The van der Waals surface area contributed by atoms with Gasteiger partial charge in [-0.3, -0.25) is 0 Å². The molecule has 3 aromatic carbocycles. The molecule has 0 aliphatic heterocycles. The molecule has 0 aromatic heterocycles. The Morgan fingerprint density at radius 3 is 2.07 bits per heavy atom. The highest BCUT2D eigenvalue weighted by molar-refractivity contribution is 5.90. The van der Waals surface area contributed by atoms with E-state index in [1.165, 1.54) is 39.0 Å². The molecule has 0 aliphatic carbocycles. The van der Waals surface area contributed by atoms with Gasteiger partial charge in [-0.15, -0.1) is 0 Å². The van der Waals surface area contributed by atoms with Gasteiger partial charge in [0.05, 0.1) is 0 Å². The molecular formula is C29H28. The van der Waals surface area contributed by atoms with Crippen LogP contribution in [0.15, 0.2) is 110 Å². The van der Waals surface area contributed by atoms with Crippen molar-refractivity contribution in [1.82, 2.24) is 0 Å². The van der Waals surface area contributed by atoms with Crippen LogP contribution in [0.1, 0.15) is 31.4 Å². The first kappa shape index (κ1) is 20.4. The molecule has 29 heavy (non-hydrogen) atoms. The number of hydrogen-bond donors (Lipinski definition) is 0. The van der Waals surface area contributed by atoms with E-state index >= 15 is 0 Å². The van der Waals surface area contributed by atoms with Gasteiger partial charge in [0.2, 0.25) is 0 Å². The topological polar surface area (TPSA) is 0 Å². The first-order chi connectivity index (χ1) is 14.2. The van der Waals surface area contributed by atoms with Gasteiger partial charge in [0.15, 0.2) is 0 Å². The zero-order chi connectivity index (χ0) is 20.6. The Kier molecular flexibility index (Phi) is 6.81. The molecule has 0 saturated carbocycles. The number of rotatable bonds is 7. The normalized spacial score (nSPS) is 11.6. The molecular weight excluding hydrogens is 348 g/mol. The van der Waals surface area contributed by atoms with E-state index in [0.717, 1.165) is 12.0 Å². The fourth-order valence-corrected chi connectivity index (χ4v) is 3.56. The van der Waals surface area contributed by atoms with Gasteiger partial charge in [-0.1, -0.05) is 117 Å². The second-order valence-electron chi connectivity index (χ2n) is 6.96. The Morgan fingerprint density at radius 2 is 1.45 bits per heavy atom. The molecule has 0 N–H and O–H groups in total. The maximum atomic E-state index is 4.28. The first-order valence-electron chi connectivity index (χ1n) is 10.1. The molecule has 144 valence electrons. The number of benzene rings is 3. The van der Waals surface area contributed by atoms with Crippen LogP contribution in [0.25, 0.3) is 33.4 Å². The molecule has 0 spiro atoms. The molecule has 0 atom stereocenters. The highest BCUT2D eigenvalue weighted by Crippen LogP contribution is 2.36. The van der Waals surface area contributed by atoms with Crippen molar-refractivity contribution in [2.75, 3.05) is 0 Å². The zero-order valence-corrected chi connectivity index (χ0v) is 17.4. The summed E-state index contributed by atoms with van der Waals surface area (Å²) in [6.07, 6.45) is 8.92. The van der Waals surface area contributed by atoms with Crippen LogP contribution in [0.3, 0.4) is 0 Å². The quantitative estimate of drug-likeness (QED) is 0.362. The minimum Gasteiger partial charge on any atom is -0.0991 e. The second kappa shape index (κ2) is 9.71. The highest BCUT2D eigenvalue weighted by atomic mass is 14.2. The maximum absolute atomic E-state index is 4.28. The van der Waals surface area contributed by atoms with E-state index in [-0.39, 0.29) is 0 Å². The Balaban J connectivity index is 2.06. The summed E-state index contributed by atoms with van der Waals surface area (Å²) in [6, 6.07) is 26.0. The Labute approximate surface area is 175 Å². The van der Waals surface area contributed by atoms with Gasteiger partial charge in [-0.2, -0.15) is 0 Å². The summed E-state index contributed by atoms with van der Waals surface area (Å²) < 4.78 is 0. The van der Waals surface area contributed by atoms with Crippen molar-refractivity contribution in [1.29, 1.82) is 0 Å². The summed E-state index contributed by atoms with van der Waals surface area (Å²) in [5.41, 5.74) is 9.71. The molecule has 0 fully saturated rings. The fraction of sp³-hybridized carbons (Fsp3) is 0.103. The molecule has 0 heterocycles. The van der Waals surface area contributed by atoms with Crippen LogP contribution in [0.5, 0.6) is 0 Å². The molecule has 0 nitrogen and oxygen atoms in total. The van der Waals surface area contributed by atoms with Gasteiger partial charge < -0.3 is 0 Å². The molecule has 0 saturated heterocycles. The van der Waals surface area contributed by atoms with Crippen molar-refractivity contribution < 1.29 is 0 Å². The SMILES string of the molecule is C=C/C=C\C(=C/C)c1ccc(-c2ccccc2-c2ccccc2C(=C)CC)cc1. The Morgan fingerprint density at radius 1 is 0.828 bits per heavy atom. The van der Waals surface area contributed by atoms with E-state index in [9.17, 15) is 0 Å².